The molecular formula is C65H50N2O2. The van der Waals surface area contributed by atoms with Crippen molar-refractivity contribution in [3.05, 3.63) is 312 Å². The Balaban J connectivity index is 0.823. The second kappa shape index (κ2) is 21.5. The van der Waals surface area contributed by atoms with E-state index in [4.69, 9.17) is 9.47 Å². The maximum atomic E-state index is 6.13. The zero-order chi connectivity index (χ0) is 46.5. The molecule has 0 N–H and O–H groups in total. The van der Waals surface area contributed by atoms with E-state index >= 15 is 0 Å². The third-order valence-corrected chi connectivity index (χ3v) is 11.9. The van der Waals surface area contributed by atoms with Crippen LogP contribution in [0.1, 0.15) is 33.4 Å². The van der Waals surface area contributed by atoms with Gasteiger partial charge in [0.15, 0.2) is 0 Å². The van der Waals surface area contributed by atoms with Crippen LogP contribution in [-0.4, -0.2) is 6.79 Å². The normalized spacial score (nSPS) is 10.7. The molecule has 10 aromatic rings. The molecule has 4 heteroatoms. The number of benzene rings is 10. The first-order chi connectivity index (χ1) is 34.2. The second-order valence-electron chi connectivity index (χ2n) is 16.5. The molecule has 0 unspecified atom stereocenters. The summed E-state index contributed by atoms with van der Waals surface area (Å²) < 4.78 is 12.3. The molecule has 0 radical (unpaired) electrons. The van der Waals surface area contributed by atoms with Crippen LogP contribution in [0.5, 0.6) is 11.5 Å². The van der Waals surface area contributed by atoms with Gasteiger partial charge in [-0.2, -0.15) is 0 Å². The molecule has 10 rings (SSSR count). The number of nitrogens with zero attached hydrogens (tertiary/aromatic N) is 2. The zero-order valence-corrected chi connectivity index (χ0v) is 38.1. The number of para-hydroxylation sites is 2. The highest BCUT2D eigenvalue weighted by atomic mass is 16.7. The van der Waals surface area contributed by atoms with Crippen LogP contribution in [0.4, 0.5) is 34.1 Å². The van der Waals surface area contributed by atoms with Crippen LogP contribution in [0.15, 0.2) is 279 Å². The zero-order valence-electron chi connectivity index (χ0n) is 38.1. The van der Waals surface area contributed by atoms with Crippen molar-refractivity contribution in [2.24, 2.45) is 0 Å². The Labute approximate surface area is 405 Å². The molecule has 0 aliphatic carbocycles. The third-order valence-electron chi connectivity index (χ3n) is 11.9. The van der Waals surface area contributed by atoms with Gasteiger partial charge in [-0.25, -0.2) is 0 Å². The van der Waals surface area contributed by atoms with Gasteiger partial charge in [0.1, 0.15) is 11.5 Å². The summed E-state index contributed by atoms with van der Waals surface area (Å²) in [5.41, 5.74) is 15.6. The average Bonchev–Trinajstić information content (AvgIpc) is 3.43. The van der Waals surface area contributed by atoms with E-state index in [0.717, 1.165) is 45.3 Å². The van der Waals surface area contributed by atoms with Crippen molar-refractivity contribution in [2.75, 3.05) is 16.6 Å². The average molecular weight is 891 g/mol. The van der Waals surface area contributed by atoms with Gasteiger partial charge in [0.2, 0.25) is 6.79 Å². The largest absolute Gasteiger partial charge is 0.458 e. The van der Waals surface area contributed by atoms with E-state index in [0.29, 0.717) is 11.5 Å². The van der Waals surface area contributed by atoms with Crippen molar-refractivity contribution in [1.82, 2.24) is 0 Å². The van der Waals surface area contributed by atoms with Crippen LogP contribution in [0.3, 0.4) is 0 Å². The Kier molecular flexibility index (Phi) is 13.6. The highest BCUT2D eigenvalue weighted by Crippen LogP contribution is 2.38. The topological polar surface area (TPSA) is 24.9 Å². The van der Waals surface area contributed by atoms with Crippen LogP contribution >= 0.6 is 0 Å². The van der Waals surface area contributed by atoms with Gasteiger partial charge in [-0.1, -0.05) is 182 Å². The van der Waals surface area contributed by atoms with E-state index in [1.807, 2.05) is 36.4 Å². The van der Waals surface area contributed by atoms with Gasteiger partial charge in [-0.3, -0.25) is 0 Å². The van der Waals surface area contributed by atoms with Crippen LogP contribution < -0.4 is 19.3 Å². The van der Waals surface area contributed by atoms with Gasteiger partial charge in [-0.15, -0.1) is 0 Å². The molecule has 0 aliphatic rings. The summed E-state index contributed by atoms with van der Waals surface area (Å²) >= 11 is 0. The molecule has 0 atom stereocenters. The minimum Gasteiger partial charge on any atom is -0.458 e. The maximum absolute atomic E-state index is 6.13. The number of hydrogen-bond donors (Lipinski definition) is 0. The van der Waals surface area contributed by atoms with E-state index in [-0.39, 0.29) is 6.79 Å². The molecule has 0 amide bonds. The lowest BCUT2D eigenvalue weighted by Crippen LogP contribution is -2.10. The summed E-state index contributed by atoms with van der Waals surface area (Å²) in [4.78, 5) is 4.51. The van der Waals surface area contributed by atoms with Crippen molar-refractivity contribution < 1.29 is 9.47 Å². The molecule has 0 bridgehead atoms. The van der Waals surface area contributed by atoms with Gasteiger partial charge < -0.3 is 19.3 Å². The van der Waals surface area contributed by atoms with E-state index < -0.39 is 0 Å². The lowest BCUT2D eigenvalue weighted by atomic mass is 9.95. The van der Waals surface area contributed by atoms with Crippen LogP contribution in [0.2, 0.25) is 0 Å². The van der Waals surface area contributed by atoms with Gasteiger partial charge in [0.05, 0.1) is 0 Å². The second-order valence-corrected chi connectivity index (χ2v) is 16.5. The molecule has 69 heavy (non-hydrogen) atoms. The lowest BCUT2D eigenvalue weighted by Gasteiger charge is -2.26. The van der Waals surface area contributed by atoms with E-state index in [9.17, 15) is 0 Å². The lowest BCUT2D eigenvalue weighted by molar-refractivity contribution is 0.120. The SMILES string of the molecule is C(=C(c1ccccc1)c1ccccc1)c1ccc(N(c2ccccc2)c2ccc(OCOc3ccc(N(c4ccccc4)c4ccc(C=C(c5ccccc5)c5ccccc5)cc4)cc3)cc2)cc1. The first kappa shape index (κ1) is 43.8. The highest BCUT2D eigenvalue weighted by Gasteiger charge is 2.15. The number of hydrogen-bond acceptors (Lipinski definition) is 4. The standard InChI is InChI=1S/C65H50N2O2/c1-7-19-52(20-8-1)64(53-21-9-2-10-22-53)47-50-31-35-58(36-32-50)66(56-27-15-5-16-28-56)60-39-43-62(44-40-60)68-49-69-63-45-41-61(42-46-63)67(57-29-17-6-18-30-57)59-37-33-51(34-38-59)48-65(54-23-11-3-12-24-54)55-25-13-4-14-26-55/h1-48H,49H2. The maximum Gasteiger partial charge on any atom is 0.230 e. The fraction of sp³-hybridized carbons (Fsp3) is 0.0154. The van der Waals surface area contributed by atoms with Gasteiger partial charge in [-0.05, 0) is 154 Å². The molecular weight excluding hydrogens is 841 g/mol. The van der Waals surface area contributed by atoms with Gasteiger partial charge in [0.25, 0.3) is 0 Å². The molecule has 0 spiro atoms. The first-order valence-corrected chi connectivity index (χ1v) is 23.2. The van der Waals surface area contributed by atoms with Crippen LogP contribution in [-0.2, 0) is 0 Å². The summed E-state index contributed by atoms with van der Waals surface area (Å²) in [5.74, 6) is 1.43. The minimum absolute atomic E-state index is 0.0648. The minimum atomic E-state index is 0.0648. The summed E-state index contributed by atoms with van der Waals surface area (Å²) in [5, 5.41) is 0. The fourth-order valence-corrected chi connectivity index (χ4v) is 8.51. The van der Waals surface area contributed by atoms with Crippen molar-refractivity contribution in [1.29, 1.82) is 0 Å². The van der Waals surface area contributed by atoms with Crippen LogP contribution in [0, 0.1) is 0 Å². The van der Waals surface area contributed by atoms with Gasteiger partial charge >= 0.3 is 0 Å². The fourth-order valence-electron chi connectivity index (χ4n) is 8.51. The number of ether oxygens (including phenoxy) is 2. The Bertz CT molecular complexity index is 2910. The van der Waals surface area contributed by atoms with E-state index in [1.165, 1.54) is 33.4 Å². The molecule has 10 aromatic carbocycles. The molecule has 0 aliphatic heterocycles. The van der Waals surface area contributed by atoms with Crippen molar-refractivity contribution in [3.8, 4) is 11.5 Å². The predicted molar refractivity (Wildman–Crippen MR) is 288 cm³/mol. The highest BCUT2D eigenvalue weighted by molar-refractivity contribution is 5.93. The molecule has 0 fully saturated rings. The van der Waals surface area contributed by atoms with Crippen molar-refractivity contribution >= 4 is 57.4 Å². The smallest absolute Gasteiger partial charge is 0.230 e. The van der Waals surface area contributed by atoms with Crippen molar-refractivity contribution in [3.63, 3.8) is 0 Å². The number of rotatable bonds is 16. The van der Waals surface area contributed by atoms with E-state index in [1.54, 1.807) is 0 Å². The first-order valence-electron chi connectivity index (χ1n) is 23.2. The molecule has 332 valence electrons. The van der Waals surface area contributed by atoms with E-state index in [2.05, 4.69) is 265 Å². The van der Waals surface area contributed by atoms with Crippen molar-refractivity contribution in [2.45, 2.75) is 0 Å². The number of anilines is 6. The Morgan fingerprint density at radius 1 is 0.261 bits per heavy atom. The van der Waals surface area contributed by atoms with Crippen LogP contribution in [0.25, 0.3) is 23.3 Å². The summed E-state index contributed by atoms with van der Waals surface area (Å²) in [6.45, 7) is 0.0648. The Hall–Kier alpha value is -9.12. The molecule has 0 heterocycles. The molecule has 4 nitrogen and oxygen atoms in total. The summed E-state index contributed by atoms with van der Waals surface area (Å²) in [7, 11) is 0. The third kappa shape index (κ3) is 10.8. The Morgan fingerprint density at radius 3 is 0.768 bits per heavy atom. The molecule has 0 saturated heterocycles. The molecule has 0 aromatic heterocycles. The molecule has 0 saturated carbocycles. The van der Waals surface area contributed by atoms with Gasteiger partial charge in [0, 0.05) is 34.1 Å². The summed E-state index contributed by atoms with van der Waals surface area (Å²) in [6, 6.07) is 96.8. The monoisotopic (exact) mass is 890 g/mol. The quantitative estimate of drug-likeness (QED) is 0.0713. The predicted octanol–water partition coefficient (Wildman–Crippen LogP) is 17.2. The Morgan fingerprint density at radius 2 is 0.493 bits per heavy atom. The summed E-state index contributed by atoms with van der Waals surface area (Å²) in [6.07, 6.45) is 4.52.